The second kappa shape index (κ2) is 6.39. The predicted octanol–water partition coefficient (Wildman–Crippen LogP) is 3.73. The standard InChI is InChI=1S/C14H15BrN4/c1-2-7-19-10-17-9-14(19)13(8-16)18-12-5-3-11(15)4-6-12/h3-6,9-10,13,18H,2,7H2,1H3. The van der Waals surface area contributed by atoms with Crippen LogP contribution < -0.4 is 5.32 Å². The summed E-state index contributed by atoms with van der Waals surface area (Å²) >= 11 is 3.39. The third kappa shape index (κ3) is 3.36. The van der Waals surface area contributed by atoms with Gasteiger partial charge >= 0.3 is 0 Å². The number of aromatic nitrogens is 2. The smallest absolute Gasteiger partial charge is 0.156 e. The van der Waals surface area contributed by atoms with Crippen LogP contribution >= 0.6 is 15.9 Å². The predicted molar refractivity (Wildman–Crippen MR) is 78.6 cm³/mol. The van der Waals surface area contributed by atoms with Crippen LogP contribution in [-0.4, -0.2) is 9.55 Å². The minimum Gasteiger partial charge on any atom is -0.365 e. The van der Waals surface area contributed by atoms with Gasteiger partial charge in [0, 0.05) is 16.7 Å². The van der Waals surface area contributed by atoms with E-state index in [4.69, 9.17) is 0 Å². The molecule has 0 amide bonds. The third-order valence-electron chi connectivity index (χ3n) is 2.79. The first-order valence-corrected chi connectivity index (χ1v) is 6.95. The second-order valence-corrected chi connectivity index (χ2v) is 5.14. The molecule has 1 aromatic carbocycles. The summed E-state index contributed by atoms with van der Waals surface area (Å²) in [7, 11) is 0. The first-order chi connectivity index (χ1) is 9.24. The highest BCUT2D eigenvalue weighted by molar-refractivity contribution is 9.10. The Morgan fingerprint density at radius 1 is 1.42 bits per heavy atom. The zero-order valence-corrected chi connectivity index (χ0v) is 12.3. The lowest BCUT2D eigenvalue weighted by Gasteiger charge is -2.15. The van der Waals surface area contributed by atoms with Crippen LogP contribution in [0.5, 0.6) is 0 Å². The lowest BCUT2D eigenvalue weighted by molar-refractivity contribution is 0.640. The molecule has 4 nitrogen and oxygen atoms in total. The van der Waals surface area contributed by atoms with Crippen LogP contribution in [0.4, 0.5) is 5.69 Å². The molecule has 5 heteroatoms. The van der Waals surface area contributed by atoms with Crippen LogP contribution in [0.3, 0.4) is 0 Å². The fourth-order valence-electron chi connectivity index (χ4n) is 1.88. The summed E-state index contributed by atoms with van der Waals surface area (Å²) in [5, 5.41) is 12.6. The van der Waals surface area contributed by atoms with E-state index in [0.717, 1.165) is 28.8 Å². The van der Waals surface area contributed by atoms with Crippen molar-refractivity contribution in [1.82, 2.24) is 9.55 Å². The molecule has 0 fully saturated rings. The number of hydrogen-bond donors (Lipinski definition) is 1. The number of nitrogens with zero attached hydrogens (tertiary/aromatic N) is 3. The van der Waals surface area contributed by atoms with Gasteiger partial charge in [-0.15, -0.1) is 0 Å². The number of aryl methyl sites for hydroxylation is 1. The van der Waals surface area contributed by atoms with Crippen molar-refractivity contribution in [2.75, 3.05) is 5.32 Å². The SMILES string of the molecule is CCCn1cncc1C(C#N)Nc1ccc(Br)cc1. The molecule has 98 valence electrons. The summed E-state index contributed by atoms with van der Waals surface area (Å²) in [6, 6.07) is 9.66. The minimum atomic E-state index is -0.393. The molecule has 0 radical (unpaired) electrons. The van der Waals surface area contributed by atoms with E-state index >= 15 is 0 Å². The number of benzene rings is 1. The maximum absolute atomic E-state index is 9.34. The molecule has 1 heterocycles. The highest BCUT2D eigenvalue weighted by Gasteiger charge is 2.14. The molecule has 1 N–H and O–H groups in total. The van der Waals surface area contributed by atoms with Gasteiger partial charge < -0.3 is 9.88 Å². The first kappa shape index (κ1) is 13.6. The van der Waals surface area contributed by atoms with E-state index in [-0.39, 0.29) is 0 Å². The minimum absolute atomic E-state index is 0.393. The Morgan fingerprint density at radius 2 is 2.16 bits per heavy atom. The van der Waals surface area contributed by atoms with Crippen LogP contribution in [0.25, 0.3) is 0 Å². The molecule has 0 saturated carbocycles. The first-order valence-electron chi connectivity index (χ1n) is 6.16. The zero-order chi connectivity index (χ0) is 13.7. The molecule has 1 aromatic heterocycles. The van der Waals surface area contributed by atoms with Gasteiger partial charge in [-0.25, -0.2) is 4.98 Å². The molecule has 2 rings (SSSR count). The van der Waals surface area contributed by atoms with Crippen LogP contribution in [0.1, 0.15) is 25.1 Å². The van der Waals surface area contributed by atoms with Crippen molar-refractivity contribution in [2.24, 2.45) is 0 Å². The molecular formula is C14H15BrN4. The largest absolute Gasteiger partial charge is 0.365 e. The monoisotopic (exact) mass is 318 g/mol. The number of imidazole rings is 1. The van der Waals surface area contributed by atoms with Gasteiger partial charge in [-0.2, -0.15) is 5.26 Å². The van der Waals surface area contributed by atoms with E-state index in [1.807, 2.05) is 28.8 Å². The molecule has 0 bridgehead atoms. The summed E-state index contributed by atoms with van der Waals surface area (Å²) in [6.45, 7) is 2.98. The molecule has 1 unspecified atom stereocenters. The van der Waals surface area contributed by atoms with Crippen molar-refractivity contribution >= 4 is 21.6 Å². The molecule has 19 heavy (non-hydrogen) atoms. The molecule has 0 saturated heterocycles. The lowest BCUT2D eigenvalue weighted by Crippen LogP contribution is -2.13. The van der Waals surface area contributed by atoms with Crippen LogP contribution in [0.15, 0.2) is 41.3 Å². The average Bonchev–Trinajstić information content (AvgIpc) is 2.87. The molecule has 0 aliphatic carbocycles. The number of anilines is 1. The van der Waals surface area contributed by atoms with Crippen molar-refractivity contribution in [3.63, 3.8) is 0 Å². The summed E-state index contributed by atoms with van der Waals surface area (Å²) in [5.41, 5.74) is 1.81. The van der Waals surface area contributed by atoms with Gasteiger partial charge in [-0.3, -0.25) is 0 Å². The van der Waals surface area contributed by atoms with Crippen molar-refractivity contribution < 1.29 is 0 Å². The van der Waals surface area contributed by atoms with Crippen LogP contribution in [-0.2, 0) is 6.54 Å². The number of nitrogens with one attached hydrogen (secondary N) is 1. The Balaban J connectivity index is 2.18. The maximum Gasteiger partial charge on any atom is 0.156 e. The number of hydrogen-bond acceptors (Lipinski definition) is 3. The summed E-state index contributed by atoms with van der Waals surface area (Å²) in [6.07, 6.45) is 4.53. The van der Waals surface area contributed by atoms with E-state index in [1.165, 1.54) is 0 Å². The Labute approximate surface area is 121 Å². The van der Waals surface area contributed by atoms with Crippen LogP contribution in [0, 0.1) is 11.3 Å². The quantitative estimate of drug-likeness (QED) is 0.913. The second-order valence-electron chi connectivity index (χ2n) is 4.23. The van der Waals surface area contributed by atoms with Crippen molar-refractivity contribution in [3.05, 3.63) is 47.0 Å². The van der Waals surface area contributed by atoms with Gasteiger partial charge in [0.05, 0.1) is 24.3 Å². The van der Waals surface area contributed by atoms with Crippen molar-refractivity contribution in [2.45, 2.75) is 25.9 Å². The number of rotatable bonds is 5. The van der Waals surface area contributed by atoms with Gasteiger partial charge in [-0.05, 0) is 30.7 Å². The van der Waals surface area contributed by atoms with Gasteiger partial charge in [0.2, 0.25) is 0 Å². The Bertz CT molecular complexity index is 568. The van der Waals surface area contributed by atoms with E-state index in [0.29, 0.717) is 0 Å². The van der Waals surface area contributed by atoms with Gasteiger partial charge in [0.1, 0.15) is 0 Å². The topological polar surface area (TPSA) is 53.6 Å². The van der Waals surface area contributed by atoms with Crippen LogP contribution in [0.2, 0.25) is 0 Å². The number of halogens is 1. The fraction of sp³-hybridized carbons (Fsp3) is 0.286. The van der Waals surface area contributed by atoms with E-state index in [2.05, 4.69) is 39.2 Å². The summed E-state index contributed by atoms with van der Waals surface area (Å²) in [4.78, 5) is 4.13. The fourth-order valence-corrected chi connectivity index (χ4v) is 2.15. The van der Waals surface area contributed by atoms with Crippen molar-refractivity contribution in [3.8, 4) is 6.07 Å². The van der Waals surface area contributed by atoms with E-state index in [1.54, 1.807) is 12.5 Å². The summed E-state index contributed by atoms with van der Waals surface area (Å²) in [5.74, 6) is 0. The van der Waals surface area contributed by atoms with Gasteiger partial charge in [0.15, 0.2) is 6.04 Å². The Kier molecular flexibility index (Phi) is 4.58. The molecule has 0 aliphatic rings. The third-order valence-corrected chi connectivity index (χ3v) is 3.32. The molecular weight excluding hydrogens is 304 g/mol. The normalized spacial score (nSPS) is 11.8. The van der Waals surface area contributed by atoms with E-state index < -0.39 is 6.04 Å². The van der Waals surface area contributed by atoms with Crippen molar-refractivity contribution in [1.29, 1.82) is 5.26 Å². The highest BCUT2D eigenvalue weighted by Crippen LogP contribution is 2.21. The van der Waals surface area contributed by atoms with Gasteiger partial charge in [0.25, 0.3) is 0 Å². The highest BCUT2D eigenvalue weighted by atomic mass is 79.9. The molecule has 0 aliphatic heterocycles. The van der Waals surface area contributed by atoms with Gasteiger partial charge in [-0.1, -0.05) is 22.9 Å². The lowest BCUT2D eigenvalue weighted by atomic mass is 10.2. The average molecular weight is 319 g/mol. The zero-order valence-electron chi connectivity index (χ0n) is 10.7. The molecule has 1 atom stereocenters. The molecule has 2 aromatic rings. The Morgan fingerprint density at radius 3 is 2.79 bits per heavy atom. The summed E-state index contributed by atoms with van der Waals surface area (Å²) < 4.78 is 3.03. The Hall–Kier alpha value is -1.80. The molecule has 0 spiro atoms. The number of nitriles is 1. The van der Waals surface area contributed by atoms with E-state index in [9.17, 15) is 5.26 Å². The maximum atomic E-state index is 9.34.